The molecule has 5 heteroatoms. The molecule has 1 N–H and O–H groups in total. The molecule has 4 nitrogen and oxygen atoms in total. The summed E-state index contributed by atoms with van der Waals surface area (Å²) in [5, 5.41) is 4.42. The highest BCUT2D eigenvalue weighted by Gasteiger charge is 2.17. The quantitative estimate of drug-likeness (QED) is 0.683. The largest absolute Gasteiger partial charge is 0.367 e. The molecule has 2 heterocycles. The van der Waals surface area contributed by atoms with Gasteiger partial charge in [0.25, 0.3) is 0 Å². The lowest BCUT2D eigenvalue weighted by atomic mass is 9.95. The molecule has 0 amide bonds. The van der Waals surface area contributed by atoms with E-state index in [2.05, 4.69) is 20.3 Å². The van der Waals surface area contributed by atoms with Gasteiger partial charge in [-0.25, -0.2) is 9.97 Å². The summed E-state index contributed by atoms with van der Waals surface area (Å²) in [5.74, 6) is 0.917. The fourth-order valence-electron chi connectivity index (χ4n) is 2.72. The topological polar surface area (TPSA) is 50.7 Å². The normalized spacial score (nSPS) is 15.9. The van der Waals surface area contributed by atoms with Crippen LogP contribution in [0.1, 0.15) is 32.1 Å². The lowest BCUT2D eigenvalue weighted by molar-refractivity contribution is 0.461. The van der Waals surface area contributed by atoms with Crippen LogP contribution in [0.5, 0.6) is 0 Å². The van der Waals surface area contributed by atoms with Crippen LogP contribution in [-0.2, 0) is 0 Å². The van der Waals surface area contributed by atoms with E-state index in [0.29, 0.717) is 6.04 Å². The standard InChI is InChI=1S/C16H20N4S/c1-21-16-18-11-13(14-9-5-6-10-17-14)15(20-16)19-12-7-3-2-4-8-12/h5-6,9-12H,2-4,7-8H2,1H3,(H,18,19,20). The molecule has 0 unspecified atom stereocenters. The summed E-state index contributed by atoms with van der Waals surface area (Å²) >= 11 is 1.57. The second-order valence-corrected chi connectivity index (χ2v) is 6.09. The van der Waals surface area contributed by atoms with Gasteiger partial charge in [-0.3, -0.25) is 4.98 Å². The van der Waals surface area contributed by atoms with Crippen LogP contribution in [0, 0.1) is 0 Å². The highest BCUT2D eigenvalue weighted by Crippen LogP contribution is 2.28. The fraction of sp³-hybridized carbons (Fsp3) is 0.438. The first-order valence-corrected chi connectivity index (χ1v) is 8.68. The molecular weight excluding hydrogens is 280 g/mol. The Morgan fingerprint density at radius 2 is 2.00 bits per heavy atom. The van der Waals surface area contributed by atoms with Gasteiger partial charge in [0, 0.05) is 18.4 Å². The van der Waals surface area contributed by atoms with E-state index in [-0.39, 0.29) is 0 Å². The fourth-order valence-corrected chi connectivity index (χ4v) is 3.06. The summed E-state index contributed by atoms with van der Waals surface area (Å²) in [6.07, 6.45) is 12.1. The van der Waals surface area contributed by atoms with Crippen LogP contribution in [0.15, 0.2) is 35.7 Å². The van der Waals surface area contributed by atoms with E-state index in [1.165, 1.54) is 32.1 Å². The Morgan fingerprint density at radius 1 is 1.14 bits per heavy atom. The van der Waals surface area contributed by atoms with E-state index >= 15 is 0 Å². The molecule has 110 valence electrons. The summed E-state index contributed by atoms with van der Waals surface area (Å²) in [5.41, 5.74) is 1.91. The zero-order valence-electron chi connectivity index (χ0n) is 12.2. The third kappa shape index (κ3) is 3.53. The highest BCUT2D eigenvalue weighted by atomic mass is 32.2. The number of hydrogen-bond acceptors (Lipinski definition) is 5. The zero-order valence-corrected chi connectivity index (χ0v) is 13.1. The third-order valence-corrected chi connectivity index (χ3v) is 4.40. The molecule has 0 atom stereocenters. The minimum absolute atomic E-state index is 0.519. The Labute approximate surface area is 129 Å². The Balaban J connectivity index is 1.91. The lowest BCUT2D eigenvalue weighted by Crippen LogP contribution is -2.23. The molecule has 1 aliphatic rings. The van der Waals surface area contributed by atoms with Crippen molar-refractivity contribution in [3.8, 4) is 11.3 Å². The summed E-state index contributed by atoms with van der Waals surface area (Å²) in [7, 11) is 0. The van der Waals surface area contributed by atoms with Crippen LogP contribution in [-0.4, -0.2) is 27.2 Å². The molecule has 2 aromatic heterocycles. The van der Waals surface area contributed by atoms with E-state index in [9.17, 15) is 0 Å². The second-order valence-electron chi connectivity index (χ2n) is 5.31. The molecule has 0 aliphatic heterocycles. The Morgan fingerprint density at radius 3 is 2.71 bits per heavy atom. The molecule has 2 aromatic rings. The summed E-state index contributed by atoms with van der Waals surface area (Å²) in [6, 6.07) is 6.44. The minimum Gasteiger partial charge on any atom is -0.367 e. The number of hydrogen-bond donors (Lipinski definition) is 1. The molecule has 3 rings (SSSR count). The zero-order chi connectivity index (χ0) is 14.5. The number of pyridine rings is 1. The maximum atomic E-state index is 4.66. The van der Waals surface area contributed by atoms with E-state index < -0.39 is 0 Å². The number of nitrogens with one attached hydrogen (secondary N) is 1. The number of rotatable bonds is 4. The molecule has 1 aliphatic carbocycles. The smallest absolute Gasteiger partial charge is 0.189 e. The van der Waals surface area contributed by atoms with Crippen LogP contribution in [0.3, 0.4) is 0 Å². The van der Waals surface area contributed by atoms with Crippen LogP contribution in [0.4, 0.5) is 5.82 Å². The predicted molar refractivity (Wildman–Crippen MR) is 87.5 cm³/mol. The van der Waals surface area contributed by atoms with Crippen molar-refractivity contribution in [2.45, 2.75) is 43.3 Å². The van der Waals surface area contributed by atoms with Gasteiger partial charge in [-0.2, -0.15) is 0 Å². The van der Waals surface area contributed by atoms with Gasteiger partial charge in [0.05, 0.1) is 11.3 Å². The van der Waals surface area contributed by atoms with Crippen LogP contribution < -0.4 is 5.32 Å². The van der Waals surface area contributed by atoms with Crippen molar-refractivity contribution in [2.24, 2.45) is 0 Å². The average Bonchev–Trinajstić information content (AvgIpc) is 2.56. The number of anilines is 1. The highest BCUT2D eigenvalue weighted by molar-refractivity contribution is 7.98. The van der Waals surface area contributed by atoms with Crippen molar-refractivity contribution in [2.75, 3.05) is 11.6 Å². The average molecular weight is 300 g/mol. The van der Waals surface area contributed by atoms with E-state index in [1.54, 1.807) is 11.8 Å². The van der Waals surface area contributed by atoms with Crippen molar-refractivity contribution >= 4 is 17.6 Å². The van der Waals surface area contributed by atoms with Gasteiger partial charge in [-0.15, -0.1) is 0 Å². The third-order valence-electron chi connectivity index (χ3n) is 3.84. The Kier molecular flexibility index (Phi) is 4.70. The molecular formula is C16H20N4S. The summed E-state index contributed by atoms with van der Waals surface area (Å²) < 4.78 is 0. The summed E-state index contributed by atoms with van der Waals surface area (Å²) in [6.45, 7) is 0. The maximum absolute atomic E-state index is 4.66. The monoisotopic (exact) mass is 300 g/mol. The second kappa shape index (κ2) is 6.89. The number of thioether (sulfide) groups is 1. The van der Waals surface area contributed by atoms with Crippen molar-refractivity contribution in [3.05, 3.63) is 30.6 Å². The van der Waals surface area contributed by atoms with Gasteiger partial charge in [-0.1, -0.05) is 37.1 Å². The predicted octanol–water partition coefficient (Wildman–Crippen LogP) is 4.01. The van der Waals surface area contributed by atoms with E-state index in [4.69, 9.17) is 0 Å². The Hall–Kier alpha value is -1.62. The Bertz CT molecular complexity index is 582. The molecule has 21 heavy (non-hydrogen) atoms. The maximum Gasteiger partial charge on any atom is 0.189 e. The lowest BCUT2D eigenvalue weighted by Gasteiger charge is -2.24. The summed E-state index contributed by atoms with van der Waals surface area (Å²) in [4.78, 5) is 13.5. The number of aromatic nitrogens is 3. The molecule has 1 saturated carbocycles. The van der Waals surface area contributed by atoms with E-state index in [0.717, 1.165) is 22.2 Å². The van der Waals surface area contributed by atoms with Gasteiger partial charge in [-0.05, 0) is 31.2 Å². The minimum atomic E-state index is 0.519. The molecule has 0 spiro atoms. The first kappa shape index (κ1) is 14.3. The van der Waals surface area contributed by atoms with Gasteiger partial charge in [0.1, 0.15) is 5.82 Å². The van der Waals surface area contributed by atoms with Crippen LogP contribution >= 0.6 is 11.8 Å². The van der Waals surface area contributed by atoms with Gasteiger partial charge in [0.2, 0.25) is 0 Å². The molecule has 0 bridgehead atoms. The van der Waals surface area contributed by atoms with Crippen LogP contribution in [0.2, 0.25) is 0 Å². The van der Waals surface area contributed by atoms with Gasteiger partial charge < -0.3 is 5.32 Å². The molecule has 1 fully saturated rings. The first-order valence-electron chi connectivity index (χ1n) is 7.46. The van der Waals surface area contributed by atoms with E-state index in [1.807, 2.05) is 36.8 Å². The molecule has 0 aromatic carbocycles. The first-order chi connectivity index (χ1) is 10.4. The van der Waals surface area contributed by atoms with Crippen LogP contribution in [0.25, 0.3) is 11.3 Å². The van der Waals surface area contributed by atoms with Crippen molar-refractivity contribution in [3.63, 3.8) is 0 Å². The molecule has 0 radical (unpaired) electrons. The SMILES string of the molecule is CSc1ncc(-c2ccccn2)c(NC2CCCCC2)n1. The number of nitrogens with zero attached hydrogens (tertiary/aromatic N) is 3. The van der Waals surface area contributed by atoms with Crippen molar-refractivity contribution in [1.82, 2.24) is 15.0 Å². The van der Waals surface area contributed by atoms with Gasteiger partial charge in [0.15, 0.2) is 5.16 Å². The molecule has 0 saturated heterocycles. The van der Waals surface area contributed by atoms with Crippen molar-refractivity contribution < 1.29 is 0 Å². The van der Waals surface area contributed by atoms with Crippen molar-refractivity contribution in [1.29, 1.82) is 0 Å². The van der Waals surface area contributed by atoms with Gasteiger partial charge >= 0.3 is 0 Å².